The van der Waals surface area contributed by atoms with Gasteiger partial charge in [0.15, 0.2) is 0 Å². The molecule has 1 fully saturated rings. The molecule has 2 aliphatic rings. The Morgan fingerprint density at radius 2 is 1.90 bits per heavy atom. The van der Waals surface area contributed by atoms with Crippen molar-refractivity contribution in [2.45, 2.75) is 19.3 Å². The van der Waals surface area contributed by atoms with Crippen LogP contribution in [0.4, 0.5) is 5.69 Å². The molecule has 0 radical (unpaired) electrons. The molecule has 6 heteroatoms. The Hall–Kier alpha value is -2.73. The molecular weight excluding hydrogens is 396 g/mol. The summed E-state index contributed by atoms with van der Waals surface area (Å²) in [5.74, 6) is 5.36. The first kappa shape index (κ1) is 19.2. The van der Waals surface area contributed by atoms with Crippen molar-refractivity contribution in [2.24, 2.45) is 13.0 Å². The highest BCUT2D eigenvalue weighted by Gasteiger charge is 2.28. The van der Waals surface area contributed by atoms with Crippen LogP contribution in [0.15, 0.2) is 47.4 Å². The molecule has 2 aromatic carbocycles. The third kappa shape index (κ3) is 3.29. The van der Waals surface area contributed by atoms with Crippen molar-refractivity contribution in [3.8, 4) is 16.9 Å². The van der Waals surface area contributed by atoms with Gasteiger partial charge in [-0.25, -0.2) is 4.21 Å². The Bertz CT molecular complexity index is 1320. The van der Waals surface area contributed by atoms with Crippen molar-refractivity contribution >= 4 is 32.0 Å². The number of ether oxygens (including phenoxy) is 1. The van der Waals surface area contributed by atoms with E-state index < -0.39 is 9.71 Å². The van der Waals surface area contributed by atoms with Crippen molar-refractivity contribution in [3.63, 3.8) is 0 Å². The lowest BCUT2D eigenvalue weighted by atomic mass is 9.97. The number of anilines is 1. The van der Waals surface area contributed by atoms with Crippen molar-refractivity contribution < 1.29 is 8.95 Å². The number of aryl methyl sites for hydroxylation is 1. The van der Waals surface area contributed by atoms with Gasteiger partial charge in [-0.2, -0.15) is 0 Å². The van der Waals surface area contributed by atoms with E-state index in [0.717, 1.165) is 39.9 Å². The fourth-order valence-corrected chi connectivity index (χ4v) is 5.30. The predicted octanol–water partition coefficient (Wildman–Crippen LogP) is 3.62. The van der Waals surface area contributed by atoms with Gasteiger partial charge < -0.3 is 9.30 Å². The van der Waals surface area contributed by atoms with Crippen LogP contribution in [-0.4, -0.2) is 34.1 Å². The average molecular weight is 423 g/mol. The van der Waals surface area contributed by atoms with Crippen molar-refractivity contribution in [1.29, 1.82) is 0 Å². The van der Waals surface area contributed by atoms with Crippen LogP contribution in [0, 0.1) is 5.92 Å². The molecule has 1 aromatic heterocycles. The monoisotopic (exact) mass is 422 g/mol. The minimum Gasteiger partial charge on any atom is -0.493 e. The number of hydrogen-bond donors (Lipinski definition) is 0. The molecule has 5 rings (SSSR count). The van der Waals surface area contributed by atoms with Crippen molar-refractivity contribution in [3.05, 3.63) is 58.5 Å². The number of nitrogens with zero attached hydrogens (tertiary/aromatic N) is 2. The fraction of sp³-hybridized carbons (Fsp3) is 0.333. The van der Waals surface area contributed by atoms with Crippen LogP contribution < -0.4 is 14.6 Å². The first-order valence-electron chi connectivity index (χ1n) is 10.3. The normalized spacial score (nSPS) is 17.7. The summed E-state index contributed by atoms with van der Waals surface area (Å²) in [6.45, 7) is 1.40. The van der Waals surface area contributed by atoms with Crippen LogP contribution >= 0.6 is 0 Å². The molecule has 0 saturated heterocycles. The molecular formula is C24H26N2O3S. The highest BCUT2D eigenvalue weighted by Crippen LogP contribution is 2.43. The van der Waals surface area contributed by atoms with Gasteiger partial charge in [0.25, 0.3) is 5.56 Å². The molecule has 3 aromatic rings. The van der Waals surface area contributed by atoms with Crippen LogP contribution in [0.2, 0.25) is 0 Å². The van der Waals surface area contributed by atoms with Gasteiger partial charge >= 0.3 is 0 Å². The van der Waals surface area contributed by atoms with Crippen molar-refractivity contribution in [2.75, 3.05) is 23.7 Å². The third-order valence-electron chi connectivity index (χ3n) is 6.05. The summed E-state index contributed by atoms with van der Waals surface area (Å²) >= 11 is 0. The average Bonchev–Trinajstić information content (AvgIpc) is 3.45. The van der Waals surface area contributed by atoms with Gasteiger partial charge in [-0.1, -0.05) is 18.2 Å². The minimum atomic E-state index is -2.36. The summed E-state index contributed by atoms with van der Waals surface area (Å²) in [5, 5.41) is 1.58. The van der Waals surface area contributed by atoms with Gasteiger partial charge in [-0.05, 0) is 60.2 Å². The molecule has 0 bridgehead atoms. The van der Waals surface area contributed by atoms with E-state index in [2.05, 4.69) is 18.0 Å². The molecule has 1 aliphatic heterocycles. The summed E-state index contributed by atoms with van der Waals surface area (Å²) in [4.78, 5) is 12.7. The zero-order valence-corrected chi connectivity index (χ0v) is 18.2. The van der Waals surface area contributed by atoms with E-state index in [0.29, 0.717) is 24.5 Å². The minimum absolute atomic E-state index is 0.0214. The van der Waals surface area contributed by atoms with E-state index in [1.54, 1.807) is 17.9 Å². The maximum Gasteiger partial charge on any atom is 0.258 e. The number of benzene rings is 2. The highest BCUT2D eigenvalue weighted by atomic mass is 32.2. The van der Waals surface area contributed by atoms with Crippen LogP contribution in [0.3, 0.4) is 0 Å². The van der Waals surface area contributed by atoms with Gasteiger partial charge in [-0.3, -0.25) is 9.10 Å². The molecule has 0 N–H and O–H groups in total. The lowest BCUT2D eigenvalue weighted by Gasteiger charge is -2.23. The summed E-state index contributed by atoms with van der Waals surface area (Å²) in [5.41, 5.74) is 3.93. The van der Waals surface area contributed by atoms with Crippen LogP contribution in [-0.2, 0) is 23.2 Å². The van der Waals surface area contributed by atoms with Crippen LogP contribution in [0.1, 0.15) is 18.4 Å². The number of pyridine rings is 1. The fourth-order valence-electron chi connectivity index (χ4n) is 4.24. The van der Waals surface area contributed by atoms with E-state index in [1.807, 2.05) is 34.8 Å². The van der Waals surface area contributed by atoms with E-state index >= 15 is 0 Å². The van der Waals surface area contributed by atoms with Gasteiger partial charge in [0, 0.05) is 52.3 Å². The molecule has 1 unspecified atom stereocenters. The maximum atomic E-state index is 12.8. The predicted molar refractivity (Wildman–Crippen MR) is 125 cm³/mol. The summed E-state index contributed by atoms with van der Waals surface area (Å²) in [6, 6.07) is 11.8. The van der Waals surface area contributed by atoms with Crippen LogP contribution in [0.5, 0.6) is 5.75 Å². The van der Waals surface area contributed by atoms with E-state index in [-0.39, 0.29) is 5.56 Å². The zero-order valence-electron chi connectivity index (χ0n) is 17.4. The smallest absolute Gasteiger partial charge is 0.258 e. The SMILES string of the molecule is C=S(C)(=O)N1CCc2cc(OCC3CC3)c(-c3cn(C)c(=O)c4ccccc34)cc21. The number of rotatable bonds is 5. The maximum absolute atomic E-state index is 12.8. The Morgan fingerprint density at radius 3 is 2.60 bits per heavy atom. The first-order valence-corrected chi connectivity index (χ1v) is 12.4. The standard InChI is InChI=1S/C24H26N2O3S/c1-25-14-21(18-6-4-5-7-19(18)24(25)27)20-13-22-17(10-11-26(22)30(2,3)28)12-23(20)29-15-16-8-9-16/h4-7,12-14,16H,2,8-11,15H2,1,3H3. The first-order chi connectivity index (χ1) is 14.3. The summed E-state index contributed by atoms with van der Waals surface area (Å²) in [6.07, 6.45) is 6.82. The molecule has 0 amide bonds. The lowest BCUT2D eigenvalue weighted by Crippen LogP contribution is -2.27. The van der Waals surface area contributed by atoms with E-state index in [4.69, 9.17) is 4.74 Å². The molecule has 5 nitrogen and oxygen atoms in total. The third-order valence-corrected chi connectivity index (χ3v) is 7.36. The van der Waals surface area contributed by atoms with Gasteiger partial charge in [0.2, 0.25) is 0 Å². The van der Waals surface area contributed by atoms with E-state index in [9.17, 15) is 9.00 Å². The number of hydrogen-bond acceptors (Lipinski definition) is 3. The Balaban J connectivity index is 1.75. The van der Waals surface area contributed by atoms with E-state index in [1.165, 1.54) is 12.8 Å². The Morgan fingerprint density at radius 1 is 1.17 bits per heavy atom. The van der Waals surface area contributed by atoms with Gasteiger partial charge in [-0.15, -0.1) is 0 Å². The van der Waals surface area contributed by atoms with Crippen molar-refractivity contribution in [1.82, 2.24) is 4.57 Å². The van der Waals surface area contributed by atoms with Gasteiger partial charge in [0.05, 0.1) is 12.3 Å². The summed E-state index contributed by atoms with van der Waals surface area (Å²) < 4.78 is 22.6. The largest absolute Gasteiger partial charge is 0.493 e. The second kappa shape index (κ2) is 6.91. The molecule has 30 heavy (non-hydrogen) atoms. The quantitative estimate of drug-likeness (QED) is 0.590. The number of fused-ring (bicyclic) bond motifs is 2. The van der Waals surface area contributed by atoms with Gasteiger partial charge in [0.1, 0.15) is 5.75 Å². The second-order valence-corrected chi connectivity index (χ2v) is 10.9. The molecule has 1 atom stereocenters. The molecule has 1 saturated carbocycles. The zero-order chi connectivity index (χ0) is 21.0. The highest BCUT2D eigenvalue weighted by molar-refractivity contribution is 8.00. The Kier molecular flexibility index (Phi) is 4.43. The summed E-state index contributed by atoms with van der Waals surface area (Å²) in [7, 11) is -0.588. The molecule has 1 aliphatic carbocycles. The number of aromatic nitrogens is 1. The molecule has 2 heterocycles. The topological polar surface area (TPSA) is 51.5 Å². The Labute approximate surface area is 177 Å². The lowest BCUT2D eigenvalue weighted by molar-refractivity contribution is 0.301. The molecule has 0 spiro atoms. The second-order valence-electron chi connectivity index (χ2n) is 8.55. The molecule has 156 valence electrons. The van der Waals surface area contributed by atoms with Crippen LogP contribution in [0.25, 0.3) is 21.9 Å².